The molecule has 1 fully saturated rings. The molecule has 1 aromatic rings. The first-order valence-electron chi connectivity index (χ1n) is 6.13. The summed E-state index contributed by atoms with van der Waals surface area (Å²) in [7, 11) is 3.46. The topological polar surface area (TPSA) is 65.5 Å². The fourth-order valence-electron chi connectivity index (χ4n) is 1.80. The summed E-state index contributed by atoms with van der Waals surface area (Å²) in [6.45, 7) is 1.79. The Kier molecular flexibility index (Phi) is 4.72. The number of ether oxygens (including phenoxy) is 3. The summed E-state index contributed by atoms with van der Waals surface area (Å²) >= 11 is 0. The van der Waals surface area contributed by atoms with Crippen LogP contribution in [0.3, 0.4) is 0 Å². The molecule has 1 unspecified atom stereocenters. The highest BCUT2D eigenvalue weighted by Gasteiger charge is 2.21. The number of hydrogen-bond acceptors (Lipinski definition) is 6. The molecule has 0 bridgehead atoms. The van der Waals surface area contributed by atoms with Gasteiger partial charge in [-0.25, -0.2) is 4.98 Å². The molecular weight excluding hydrogens is 234 g/mol. The van der Waals surface area contributed by atoms with Gasteiger partial charge in [0.05, 0.1) is 6.61 Å². The highest BCUT2D eigenvalue weighted by Crippen LogP contribution is 2.28. The summed E-state index contributed by atoms with van der Waals surface area (Å²) in [6.07, 6.45) is 2.01. The number of anilines is 1. The monoisotopic (exact) mass is 253 g/mol. The molecular formula is C12H19N3O3. The van der Waals surface area contributed by atoms with Gasteiger partial charge in [0.2, 0.25) is 5.88 Å². The van der Waals surface area contributed by atoms with Gasteiger partial charge in [-0.2, -0.15) is 4.98 Å². The minimum atomic E-state index is -0.0110. The second kappa shape index (κ2) is 6.51. The van der Waals surface area contributed by atoms with Gasteiger partial charge in [0.15, 0.2) is 5.82 Å². The van der Waals surface area contributed by atoms with Gasteiger partial charge in [0.1, 0.15) is 18.5 Å². The lowest BCUT2D eigenvalue weighted by atomic mass is 10.2. The quantitative estimate of drug-likeness (QED) is 0.773. The minimum absolute atomic E-state index is 0.0110. The van der Waals surface area contributed by atoms with Crippen LogP contribution in [-0.2, 0) is 9.47 Å². The molecule has 6 nitrogen and oxygen atoms in total. The van der Waals surface area contributed by atoms with Gasteiger partial charge < -0.3 is 19.5 Å². The molecule has 0 saturated carbocycles. The van der Waals surface area contributed by atoms with Crippen LogP contribution in [-0.4, -0.2) is 43.9 Å². The molecule has 0 aliphatic carbocycles. The Hall–Kier alpha value is -1.40. The van der Waals surface area contributed by atoms with Crippen molar-refractivity contribution in [3.63, 3.8) is 0 Å². The fourth-order valence-corrected chi connectivity index (χ4v) is 1.80. The molecule has 2 heterocycles. The van der Waals surface area contributed by atoms with Crippen molar-refractivity contribution < 1.29 is 14.2 Å². The third-order valence-corrected chi connectivity index (χ3v) is 2.73. The summed E-state index contributed by atoms with van der Waals surface area (Å²) in [5, 5.41) is 3.00. The maximum absolute atomic E-state index is 5.59. The van der Waals surface area contributed by atoms with E-state index < -0.39 is 0 Å². The van der Waals surface area contributed by atoms with E-state index in [4.69, 9.17) is 14.2 Å². The lowest BCUT2D eigenvalue weighted by Gasteiger charge is -2.12. The number of nitrogens with zero attached hydrogens (tertiary/aromatic N) is 2. The standard InChI is InChI=1S/C12H19N3O3/c1-13-10-8-11(18-7-6-16-2)15-12(14-10)9-4-3-5-17-9/h8-9H,3-7H2,1-2H3,(H,13,14,15). The highest BCUT2D eigenvalue weighted by molar-refractivity contribution is 5.38. The molecule has 100 valence electrons. The molecule has 0 aromatic carbocycles. The summed E-state index contributed by atoms with van der Waals surface area (Å²) in [6, 6.07) is 1.77. The van der Waals surface area contributed by atoms with Gasteiger partial charge >= 0.3 is 0 Å². The van der Waals surface area contributed by atoms with Crippen LogP contribution in [0.25, 0.3) is 0 Å². The van der Waals surface area contributed by atoms with E-state index in [1.807, 2.05) is 7.05 Å². The van der Waals surface area contributed by atoms with E-state index in [0.717, 1.165) is 25.3 Å². The third kappa shape index (κ3) is 3.30. The molecule has 2 rings (SSSR count). The number of hydrogen-bond donors (Lipinski definition) is 1. The van der Waals surface area contributed by atoms with E-state index in [9.17, 15) is 0 Å². The first-order chi connectivity index (χ1) is 8.83. The first-order valence-corrected chi connectivity index (χ1v) is 6.13. The van der Waals surface area contributed by atoms with Crippen molar-refractivity contribution in [3.05, 3.63) is 11.9 Å². The highest BCUT2D eigenvalue weighted by atomic mass is 16.5. The van der Waals surface area contributed by atoms with Gasteiger partial charge in [-0.15, -0.1) is 0 Å². The zero-order valence-electron chi connectivity index (χ0n) is 10.8. The Balaban J connectivity index is 2.10. The normalized spacial score (nSPS) is 18.9. The summed E-state index contributed by atoms with van der Waals surface area (Å²) < 4.78 is 16.0. The van der Waals surface area contributed by atoms with Gasteiger partial charge in [-0.1, -0.05) is 0 Å². The van der Waals surface area contributed by atoms with Crippen molar-refractivity contribution in [2.45, 2.75) is 18.9 Å². The molecule has 1 aliphatic heterocycles. The molecule has 1 saturated heterocycles. The average Bonchev–Trinajstić information content (AvgIpc) is 2.92. The number of aromatic nitrogens is 2. The molecule has 1 atom stereocenters. The zero-order chi connectivity index (χ0) is 12.8. The Morgan fingerprint density at radius 1 is 1.44 bits per heavy atom. The van der Waals surface area contributed by atoms with E-state index in [2.05, 4.69) is 15.3 Å². The van der Waals surface area contributed by atoms with Crippen LogP contribution in [0.2, 0.25) is 0 Å². The van der Waals surface area contributed by atoms with Gasteiger partial charge in [0.25, 0.3) is 0 Å². The molecule has 6 heteroatoms. The van der Waals surface area contributed by atoms with E-state index >= 15 is 0 Å². The van der Waals surface area contributed by atoms with Crippen LogP contribution >= 0.6 is 0 Å². The van der Waals surface area contributed by atoms with Crippen LogP contribution in [0.5, 0.6) is 5.88 Å². The summed E-state index contributed by atoms with van der Waals surface area (Å²) in [4.78, 5) is 8.78. The largest absolute Gasteiger partial charge is 0.475 e. The smallest absolute Gasteiger partial charge is 0.218 e. The Labute approximate surface area is 107 Å². The third-order valence-electron chi connectivity index (χ3n) is 2.73. The fraction of sp³-hybridized carbons (Fsp3) is 0.667. The van der Waals surface area contributed by atoms with Crippen molar-refractivity contribution in [1.82, 2.24) is 9.97 Å². The maximum atomic E-state index is 5.59. The zero-order valence-corrected chi connectivity index (χ0v) is 10.8. The summed E-state index contributed by atoms with van der Waals surface area (Å²) in [5.41, 5.74) is 0. The number of methoxy groups -OCH3 is 1. The van der Waals surface area contributed by atoms with E-state index in [0.29, 0.717) is 24.9 Å². The Morgan fingerprint density at radius 2 is 2.33 bits per heavy atom. The van der Waals surface area contributed by atoms with Crippen molar-refractivity contribution in [3.8, 4) is 5.88 Å². The predicted octanol–water partition coefficient (Wildman–Crippen LogP) is 1.39. The van der Waals surface area contributed by atoms with Gasteiger partial charge in [0, 0.05) is 26.8 Å². The molecule has 18 heavy (non-hydrogen) atoms. The second-order valence-corrected chi connectivity index (χ2v) is 4.04. The van der Waals surface area contributed by atoms with Crippen molar-refractivity contribution in [2.24, 2.45) is 0 Å². The van der Waals surface area contributed by atoms with E-state index in [1.54, 1.807) is 13.2 Å². The molecule has 1 N–H and O–H groups in total. The summed E-state index contributed by atoms with van der Waals surface area (Å²) in [5.74, 6) is 1.98. The number of rotatable bonds is 6. The van der Waals surface area contributed by atoms with Crippen molar-refractivity contribution in [1.29, 1.82) is 0 Å². The Bertz CT molecular complexity index is 381. The maximum Gasteiger partial charge on any atom is 0.218 e. The van der Waals surface area contributed by atoms with Crippen molar-refractivity contribution >= 4 is 5.82 Å². The second-order valence-electron chi connectivity index (χ2n) is 4.04. The van der Waals surface area contributed by atoms with Crippen LogP contribution in [0.1, 0.15) is 24.8 Å². The minimum Gasteiger partial charge on any atom is -0.475 e. The molecule has 1 aromatic heterocycles. The molecule has 0 radical (unpaired) electrons. The number of nitrogens with one attached hydrogen (secondary N) is 1. The van der Waals surface area contributed by atoms with E-state index in [-0.39, 0.29) is 6.10 Å². The molecule has 1 aliphatic rings. The van der Waals surface area contributed by atoms with Gasteiger partial charge in [-0.3, -0.25) is 0 Å². The van der Waals surface area contributed by atoms with Crippen LogP contribution in [0.15, 0.2) is 6.07 Å². The SMILES string of the molecule is CNc1cc(OCCOC)nc(C2CCCO2)n1. The van der Waals surface area contributed by atoms with Crippen molar-refractivity contribution in [2.75, 3.05) is 39.3 Å². The lowest BCUT2D eigenvalue weighted by Crippen LogP contribution is -2.10. The van der Waals surface area contributed by atoms with Crippen LogP contribution in [0, 0.1) is 0 Å². The van der Waals surface area contributed by atoms with Crippen LogP contribution in [0.4, 0.5) is 5.82 Å². The Morgan fingerprint density at radius 3 is 3.00 bits per heavy atom. The van der Waals surface area contributed by atoms with Crippen LogP contribution < -0.4 is 10.1 Å². The molecule has 0 spiro atoms. The van der Waals surface area contributed by atoms with Gasteiger partial charge in [-0.05, 0) is 12.8 Å². The lowest BCUT2D eigenvalue weighted by molar-refractivity contribution is 0.103. The predicted molar refractivity (Wildman–Crippen MR) is 66.9 cm³/mol. The average molecular weight is 253 g/mol. The van der Waals surface area contributed by atoms with E-state index in [1.165, 1.54) is 0 Å². The first kappa shape index (κ1) is 13.0. The molecule has 0 amide bonds.